The van der Waals surface area contributed by atoms with E-state index in [2.05, 4.69) is 15.6 Å². The molecule has 0 aliphatic rings. The van der Waals surface area contributed by atoms with Crippen LogP contribution in [-0.4, -0.2) is 29.2 Å². The minimum absolute atomic E-state index is 0.0306. The largest absolute Gasteiger partial charge is 0.389 e. The number of hydrogen-bond acceptors (Lipinski definition) is 5. The lowest BCUT2D eigenvalue weighted by Crippen LogP contribution is -2.10. The van der Waals surface area contributed by atoms with Crippen molar-refractivity contribution in [2.45, 2.75) is 32.4 Å². The van der Waals surface area contributed by atoms with E-state index in [0.717, 1.165) is 0 Å². The van der Waals surface area contributed by atoms with Crippen molar-refractivity contribution in [1.82, 2.24) is 4.98 Å². The van der Waals surface area contributed by atoms with E-state index in [1.54, 1.807) is 0 Å². The predicted octanol–water partition coefficient (Wildman–Crippen LogP) is 3.57. The highest BCUT2D eigenvalue weighted by molar-refractivity contribution is 5.60. The molecule has 0 amide bonds. The Balaban J connectivity index is 2.59. The first-order valence-corrected chi connectivity index (χ1v) is 6.53. The summed E-state index contributed by atoms with van der Waals surface area (Å²) in [6, 6.07) is 2.79. The van der Waals surface area contributed by atoms with Crippen molar-refractivity contribution in [2.75, 3.05) is 23.7 Å². The molecule has 0 aromatic carbocycles. The number of pyridine rings is 1. The van der Waals surface area contributed by atoms with Crippen LogP contribution in [0.5, 0.6) is 0 Å². The Kier molecular flexibility index (Phi) is 6.19. The third kappa shape index (κ3) is 6.28. The standard InChI is InChI=1S/C12H17F3N4O2/c1-2-16-10-6-5-9(19(20)21)11(18-10)17-8-4-3-7-12(13,14)15/h5-6H,2-4,7-8H2,1H3,(H2,16,17,18). The third-order valence-electron chi connectivity index (χ3n) is 2.61. The van der Waals surface area contributed by atoms with E-state index in [1.165, 1.54) is 12.1 Å². The van der Waals surface area contributed by atoms with E-state index in [-0.39, 0.29) is 30.9 Å². The number of hydrogen-bond donors (Lipinski definition) is 2. The van der Waals surface area contributed by atoms with E-state index in [1.807, 2.05) is 6.92 Å². The van der Waals surface area contributed by atoms with Gasteiger partial charge in [-0.1, -0.05) is 0 Å². The Bertz CT molecular complexity index is 480. The fraction of sp³-hybridized carbons (Fsp3) is 0.583. The molecular formula is C12H17F3N4O2. The molecule has 0 saturated carbocycles. The molecule has 0 spiro atoms. The molecule has 0 unspecified atom stereocenters. The fourth-order valence-electron chi connectivity index (χ4n) is 1.67. The summed E-state index contributed by atoms with van der Waals surface area (Å²) in [6.45, 7) is 2.66. The molecule has 0 aliphatic carbocycles. The molecule has 1 heterocycles. The van der Waals surface area contributed by atoms with Crippen molar-refractivity contribution in [1.29, 1.82) is 0 Å². The van der Waals surface area contributed by atoms with E-state index >= 15 is 0 Å². The Hall–Kier alpha value is -2.06. The van der Waals surface area contributed by atoms with Crippen molar-refractivity contribution in [3.8, 4) is 0 Å². The van der Waals surface area contributed by atoms with Crippen LogP contribution < -0.4 is 10.6 Å². The number of halogens is 3. The first-order valence-electron chi connectivity index (χ1n) is 6.53. The first-order chi connectivity index (χ1) is 9.83. The summed E-state index contributed by atoms with van der Waals surface area (Å²) in [5, 5.41) is 16.5. The van der Waals surface area contributed by atoms with Gasteiger partial charge in [-0.25, -0.2) is 4.98 Å². The van der Waals surface area contributed by atoms with Crippen molar-refractivity contribution in [3.63, 3.8) is 0 Å². The van der Waals surface area contributed by atoms with Crippen LogP contribution in [-0.2, 0) is 0 Å². The molecule has 118 valence electrons. The fourth-order valence-corrected chi connectivity index (χ4v) is 1.67. The van der Waals surface area contributed by atoms with Gasteiger partial charge in [-0.05, 0) is 25.8 Å². The molecule has 0 saturated heterocycles. The number of nitrogens with one attached hydrogen (secondary N) is 2. The minimum Gasteiger partial charge on any atom is -0.370 e. The van der Waals surface area contributed by atoms with Gasteiger partial charge in [0.1, 0.15) is 5.82 Å². The van der Waals surface area contributed by atoms with Crippen LogP contribution in [0.3, 0.4) is 0 Å². The van der Waals surface area contributed by atoms with Crippen molar-refractivity contribution < 1.29 is 18.1 Å². The molecule has 2 N–H and O–H groups in total. The summed E-state index contributed by atoms with van der Waals surface area (Å²) >= 11 is 0. The Labute approximate surface area is 119 Å². The van der Waals surface area contributed by atoms with Crippen LogP contribution in [0.4, 0.5) is 30.5 Å². The van der Waals surface area contributed by atoms with Gasteiger partial charge in [-0.2, -0.15) is 13.2 Å². The van der Waals surface area contributed by atoms with Crippen LogP contribution in [0.2, 0.25) is 0 Å². The van der Waals surface area contributed by atoms with Crippen molar-refractivity contribution in [3.05, 3.63) is 22.2 Å². The van der Waals surface area contributed by atoms with Crippen LogP contribution in [0, 0.1) is 10.1 Å². The summed E-state index contributed by atoms with van der Waals surface area (Å²) < 4.78 is 35.9. The van der Waals surface area contributed by atoms with Gasteiger partial charge < -0.3 is 10.6 Å². The lowest BCUT2D eigenvalue weighted by atomic mass is 10.2. The average Bonchev–Trinajstić information content (AvgIpc) is 2.37. The second-order valence-corrected chi connectivity index (χ2v) is 4.35. The van der Waals surface area contributed by atoms with Crippen LogP contribution in [0.25, 0.3) is 0 Å². The molecule has 1 aromatic rings. The van der Waals surface area contributed by atoms with Gasteiger partial charge in [0, 0.05) is 25.6 Å². The molecule has 0 fully saturated rings. The number of rotatable bonds is 8. The maximum absolute atomic E-state index is 12.0. The van der Waals surface area contributed by atoms with Crippen LogP contribution in [0.15, 0.2) is 12.1 Å². The number of nitro groups is 1. The molecule has 21 heavy (non-hydrogen) atoms. The second kappa shape index (κ2) is 7.65. The summed E-state index contributed by atoms with van der Waals surface area (Å²) in [6.07, 6.45) is -4.81. The van der Waals surface area contributed by atoms with Gasteiger partial charge in [-0.3, -0.25) is 10.1 Å². The topological polar surface area (TPSA) is 80.1 Å². The molecule has 0 radical (unpaired) electrons. The zero-order valence-electron chi connectivity index (χ0n) is 11.5. The molecule has 1 rings (SSSR count). The smallest absolute Gasteiger partial charge is 0.370 e. The SMILES string of the molecule is CCNc1ccc([N+](=O)[O-])c(NCCCCC(F)(F)F)n1. The predicted molar refractivity (Wildman–Crippen MR) is 73.5 cm³/mol. The Morgan fingerprint density at radius 2 is 2.00 bits per heavy atom. The highest BCUT2D eigenvalue weighted by Gasteiger charge is 2.25. The summed E-state index contributed by atoms with van der Waals surface area (Å²) in [5.74, 6) is 0.534. The van der Waals surface area contributed by atoms with E-state index in [9.17, 15) is 23.3 Å². The number of aromatic nitrogens is 1. The van der Waals surface area contributed by atoms with E-state index < -0.39 is 17.5 Å². The molecular weight excluding hydrogens is 289 g/mol. The van der Waals surface area contributed by atoms with Crippen LogP contribution in [0.1, 0.15) is 26.2 Å². The average molecular weight is 306 g/mol. The Morgan fingerprint density at radius 1 is 1.29 bits per heavy atom. The normalized spacial score (nSPS) is 11.2. The lowest BCUT2D eigenvalue weighted by Gasteiger charge is -2.09. The summed E-state index contributed by atoms with van der Waals surface area (Å²) in [7, 11) is 0. The highest BCUT2D eigenvalue weighted by atomic mass is 19.4. The molecule has 0 atom stereocenters. The van der Waals surface area contributed by atoms with E-state index in [4.69, 9.17) is 0 Å². The number of alkyl halides is 3. The highest BCUT2D eigenvalue weighted by Crippen LogP contribution is 2.25. The number of nitrogens with zero attached hydrogens (tertiary/aromatic N) is 2. The molecule has 9 heteroatoms. The monoisotopic (exact) mass is 306 g/mol. The van der Waals surface area contributed by atoms with Crippen molar-refractivity contribution >= 4 is 17.3 Å². The number of unbranched alkanes of at least 4 members (excludes halogenated alkanes) is 1. The van der Waals surface area contributed by atoms with Gasteiger partial charge in [0.05, 0.1) is 4.92 Å². The Morgan fingerprint density at radius 3 is 2.57 bits per heavy atom. The zero-order chi connectivity index (χ0) is 15.9. The van der Waals surface area contributed by atoms with E-state index in [0.29, 0.717) is 12.4 Å². The maximum atomic E-state index is 12.0. The molecule has 0 aliphatic heterocycles. The summed E-state index contributed by atoms with van der Waals surface area (Å²) in [5.41, 5.74) is -0.201. The summed E-state index contributed by atoms with van der Waals surface area (Å²) in [4.78, 5) is 14.3. The molecule has 1 aromatic heterocycles. The molecule has 0 bridgehead atoms. The van der Waals surface area contributed by atoms with Gasteiger partial charge in [-0.15, -0.1) is 0 Å². The second-order valence-electron chi connectivity index (χ2n) is 4.35. The van der Waals surface area contributed by atoms with Gasteiger partial charge >= 0.3 is 11.9 Å². The maximum Gasteiger partial charge on any atom is 0.389 e. The lowest BCUT2D eigenvalue weighted by molar-refractivity contribution is -0.384. The van der Waals surface area contributed by atoms with Crippen molar-refractivity contribution in [2.24, 2.45) is 0 Å². The zero-order valence-corrected chi connectivity index (χ0v) is 11.5. The molecule has 6 nitrogen and oxygen atoms in total. The van der Waals surface area contributed by atoms with Gasteiger partial charge in [0.2, 0.25) is 5.82 Å². The van der Waals surface area contributed by atoms with Gasteiger partial charge in [0.25, 0.3) is 0 Å². The van der Waals surface area contributed by atoms with Gasteiger partial charge in [0.15, 0.2) is 0 Å². The first kappa shape index (κ1) is 17.0. The third-order valence-corrected chi connectivity index (χ3v) is 2.61. The number of anilines is 2. The van der Waals surface area contributed by atoms with Crippen LogP contribution >= 0.6 is 0 Å². The quantitative estimate of drug-likeness (QED) is 0.436. The minimum atomic E-state index is -4.17.